The molecule has 1 aliphatic heterocycles. The zero-order chi connectivity index (χ0) is 14.0. The largest absolute Gasteiger partial charge is 0.328 e. The van der Waals surface area contributed by atoms with Gasteiger partial charge in [-0.15, -0.1) is 12.4 Å². The molecule has 0 saturated carbocycles. The highest BCUT2D eigenvalue weighted by molar-refractivity contribution is 5.85. The van der Waals surface area contributed by atoms with Gasteiger partial charge in [0.15, 0.2) is 0 Å². The number of nitrogens with two attached hydrogens (primary N) is 1. The minimum Gasteiger partial charge on any atom is -0.328 e. The average Bonchev–Trinajstić information content (AvgIpc) is 2.80. The second-order valence-corrected chi connectivity index (χ2v) is 5.46. The molecule has 0 radical (unpaired) electrons. The third kappa shape index (κ3) is 3.69. The van der Waals surface area contributed by atoms with Crippen molar-refractivity contribution in [3.05, 3.63) is 39.4 Å². The molecule has 1 aromatic carbocycles. The lowest BCUT2D eigenvalue weighted by Gasteiger charge is -2.18. The molecule has 2 unspecified atom stereocenters. The molecule has 0 aromatic heterocycles. The Bertz CT molecular complexity index is 479. The van der Waals surface area contributed by atoms with Crippen LogP contribution in [0.15, 0.2) is 18.2 Å². The van der Waals surface area contributed by atoms with Crippen LogP contribution < -0.4 is 5.73 Å². The van der Waals surface area contributed by atoms with Crippen molar-refractivity contribution in [1.29, 1.82) is 0 Å². The van der Waals surface area contributed by atoms with Crippen LogP contribution >= 0.6 is 12.4 Å². The summed E-state index contributed by atoms with van der Waals surface area (Å²) in [5.41, 5.74) is 7.96. The number of hydrogen-bond acceptors (Lipinski definition) is 4. The average molecular weight is 300 g/mol. The van der Waals surface area contributed by atoms with E-state index in [2.05, 4.69) is 4.90 Å². The van der Waals surface area contributed by atoms with Gasteiger partial charge >= 0.3 is 0 Å². The van der Waals surface area contributed by atoms with E-state index in [4.69, 9.17) is 5.73 Å². The molecule has 1 aliphatic rings. The topological polar surface area (TPSA) is 72.4 Å². The fraction of sp³-hybridized carbons (Fsp3) is 0.571. The first-order chi connectivity index (χ1) is 8.99. The third-order valence-corrected chi connectivity index (χ3v) is 4.06. The summed E-state index contributed by atoms with van der Waals surface area (Å²) in [4.78, 5) is 12.9. The molecule has 0 spiro atoms. The Balaban J connectivity index is 0.00000200. The minimum absolute atomic E-state index is 0. The Kier molecular flexibility index (Phi) is 5.92. The van der Waals surface area contributed by atoms with Crippen molar-refractivity contribution < 1.29 is 4.92 Å². The maximum Gasteiger partial charge on any atom is 0.272 e. The van der Waals surface area contributed by atoms with Gasteiger partial charge in [0.25, 0.3) is 5.69 Å². The number of rotatable bonds is 4. The van der Waals surface area contributed by atoms with Gasteiger partial charge in [0.1, 0.15) is 0 Å². The van der Waals surface area contributed by atoms with Crippen LogP contribution in [0.3, 0.4) is 0 Å². The van der Waals surface area contributed by atoms with Crippen LogP contribution in [0.25, 0.3) is 0 Å². The molecule has 5 nitrogen and oxygen atoms in total. The predicted molar refractivity (Wildman–Crippen MR) is 82.1 cm³/mol. The van der Waals surface area contributed by atoms with E-state index in [1.165, 1.54) is 0 Å². The number of benzene rings is 1. The quantitative estimate of drug-likeness (QED) is 0.685. The van der Waals surface area contributed by atoms with Crippen LogP contribution in [0.4, 0.5) is 5.69 Å². The van der Waals surface area contributed by atoms with Gasteiger partial charge in [-0.2, -0.15) is 0 Å². The number of halogens is 1. The molecule has 0 bridgehead atoms. The van der Waals surface area contributed by atoms with Crippen molar-refractivity contribution in [2.75, 3.05) is 13.1 Å². The molecule has 2 N–H and O–H groups in total. The highest BCUT2D eigenvalue weighted by Gasteiger charge is 2.26. The molecule has 2 rings (SSSR count). The molecular weight excluding hydrogens is 278 g/mol. The monoisotopic (exact) mass is 299 g/mol. The van der Waals surface area contributed by atoms with E-state index in [0.717, 1.165) is 37.2 Å². The Morgan fingerprint density at radius 2 is 2.25 bits per heavy atom. The molecule has 1 heterocycles. The summed E-state index contributed by atoms with van der Waals surface area (Å²) >= 11 is 0. The number of hydrogen-bond donors (Lipinski definition) is 1. The molecule has 0 amide bonds. The van der Waals surface area contributed by atoms with Gasteiger partial charge in [-0.25, -0.2) is 0 Å². The maximum atomic E-state index is 10.9. The summed E-state index contributed by atoms with van der Waals surface area (Å²) in [6.07, 6.45) is 1.12. The smallest absolute Gasteiger partial charge is 0.272 e. The van der Waals surface area contributed by atoms with E-state index in [1.807, 2.05) is 19.9 Å². The lowest BCUT2D eigenvalue weighted by molar-refractivity contribution is -0.385. The molecule has 1 fully saturated rings. The van der Waals surface area contributed by atoms with E-state index in [9.17, 15) is 10.1 Å². The summed E-state index contributed by atoms with van der Waals surface area (Å²) in [5, 5.41) is 10.9. The van der Waals surface area contributed by atoms with Gasteiger partial charge < -0.3 is 5.73 Å². The Hall–Kier alpha value is -1.17. The summed E-state index contributed by atoms with van der Waals surface area (Å²) in [6, 6.07) is 5.52. The van der Waals surface area contributed by atoms with Crippen molar-refractivity contribution in [1.82, 2.24) is 4.90 Å². The third-order valence-electron chi connectivity index (χ3n) is 4.06. The molecule has 6 heteroatoms. The number of nitro benzene ring substituents is 1. The first-order valence-corrected chi connectivity index (χ1v) is 6.70. The van der Waals surface area contributed by atoms with Crippen molar-refractivity contribution in [2.24, 2.45) is 11.7 Å². The molecule has 1 saturated heterocycles. The van der Waals surface area contributed by atoms with E-state index in [1.54, 1.807) is 12.1 Å². The standard InChI is InChI=1S/C14H21N3O2.ClH/c1-10-12(4-3-5-14(10)17(18)19)8-16-7-6-13(9-16)11(2)15;/h3-5,11,13H,6-9,15H2,1-2H3;1H. The van der Waals surface area contributed by atoms with Gasteiger partial charge in [0.05, 0.1) is 4.92 Å². The second kappa shape index (κ2) is 7.02. The van der Waals surface area contributed by atoms with Crippen molar-refractivity contribution in [3.63, 3.8) is 0 Å². The SMILES string of the molecule is Cc1c(CN2CCC(C(C)N)C2)cccc1[N+](=O)[O-].Cl. The summed E-state index contributed by atoms with van der Waals surface area (Å²) < 4.78 is 0. The van der Waals surface area contributed by atoms with E-state index in [-0.39, 0.29) is 29.1 Å². The van der Waals surface area contributed by atoms with Gasteiger partial charge in [-0.3, -0.25) is 15.0 Å². The van der Waals surface area contributed by atoms with E-state index in [0.29, 0.717) is 5.92 Å². The minimum atomic E-state index is -0.312. The first-order valence-electron chi connectivity index (χ1n) is 6.70. The highest BCUT2D eigenvalue weighted by atomic mass is 35.5. The first kappa shape index (κ1) is 16.9. The van der Waals surface area contributed by atoms with Crippen molar-refractivity contribution >= 4 is 18.1 Å². The van der Waals surface area contributed by atoms with Crippen molar-refractivity contribution in [3.8, 4) is 0 Å². The van der Waals surface area contributed by atoms with Crippen LogP contribution in [-0.4, -0.2) is 29.0 Å². The molecule has 112 valence electrons. The summed E-state index contributed by atoms with van der Waals surface area (Å²) in [6.45, 7) is 6.66. The van der Waals surface area contributed by atoms with Crippen LogP contribution in [0, 0.1) is 23.0 Å². The number of likely N-dealkylation sites (tertiary alicyclic amines) is 1. The van der Waals surface area contributed by atoms with Crippen LogP contribution in [0.5, 0.6) is 0 Å². The van der Waals surface area contributed by atoms with Gasteiger partial charge in [-0.05, 0) is 38.3 Å². The van der Waals surface area contributed by atoms with Gasteiger partial charge in [0, 0.05) is 30.8 Å². The number of nitrogens with zero attached hydrogens (tertiary/aromatic N) is 2. The molecule has 0 aliphatic carbocycles. The molecular formula is C14H22ClN3O2. The fourth-order valence-electron chi connectivity index (χ4n) is 2.72. The lowest BCUT2D eigenvalue weighted by Crippen LogP contribution is -2.29. The molecule has 20 heavy (non-hydrogen) atoms. The summed E-state index contributed by atoms with van der Waals surface area (Å²) in [7, 11) is 0. The fourth-order valence-corrected chi connectivity index (χ4v) is 2.72. The zero-order valence-corrected chi connectivity index (χ0v) is 12.7. The highest BCUT2D eigenvalue weighted by Crippen LogP contribution is 2.25. The van der Waals surface area contributed by atoms with Crippen LogP contribution in [0.1, 0.15) is 24.5 Å². The van der Waals surface area contributed by atoms with Crippen molar-refractivity contribution in [2.45, 2.75) is 32.9 Å². The Morgan fingerprint density at radius 1 is 1.55 bits per heavy atom. The molecule has 1 aromatic rings. The second-order valence-electron chi connectivity index (χ2n) is 5.46. The normalized spacial score (nSPS) is 20.4. The predicted octanol–water partition coefficient (Wildman–Crippen LogP) is 2.49. The van der Waals surface area contributed by atoms with Crippen LogP contribution in [-0.2, 0) is 6.54 Å². The summed E-state index contributed by atoms with van der Waals surface area (Å²) in [5.74, 6) is 0.541. The lowest BCUT2D eigenvalue weighted by atomic mass is 10.0. The van der Waals surface area contributed by atoms with Crippen LogP contribution in [0.2, 0.25) is 0 Å². The van der Waals surface area contributed by atoms with Gasteiger partial charge in [0.2, 0.25) is 0 Å². The maximum absolute atomic E-state index is 10.9. The Morgan fingerprint density at radius 3 is 2.80 bits per heavy atom. The van der Waals surface area contributed by atoms with E-state index < -0.39 is 0 Å². The zero-order valence-electron chi connectivity index (χ0n) is 11.9. The van der Waals surface area contributed by atoms with Gasteiger partial charge in [-0.1, -0.05) is 12.1 Å². The Labute approximate surface area is 125 Å². The van der Waals surface area contributed by atoms with E-state index >= 15 is 0 Å². The number of nitro groups is 1. The molecule has 2 atom stereocenters.